The maximum absolute atomic E-state index is 11.6. The molecule has 0 aliphatic carbocycles. The molecule has 0 N–H and O–H groups in total. The summed E-state index contributed by atoms with van der Waals surface area (Å²) < 4.78 is 0. The summed E-state index contributed by atoms with van der Waals surface area (Å²) in [5.41, 5.74) is 4.59. The van der Waals surface area contributed by atoms with E-state index in [9.17, 15) is 9.59 Å². The molecule has 118 valence electrons. The van der Waals surface area contributed by atoms with Gasteiger partial charge < -0.3 is 0 Å². The summed E-state index contributed by atoms with van der Waals surface area (Å²) in [7, 11) is 0. The highest BCUT2D eigenvalue weighted by Gasteiger charge is 2.08. The molecule has 0 aliphatic rings. The molecule has 1 aromatic heterocycles. The summed E-state index contributed by atoms with van der Waals surface area (Å²) >= 11 is 0. The van der Waals surface area contributed by atoms with Crippen LogP contribution in [0.25, 0.3) is 22.4 Å². The Morgan fingerprint density at radius 1 is 0.750 bits per heavy atom. The number of Topliss-reactive ketones (excluding diaryl/α,β-unsaturated/α-hetero) is 2. The van der Waals surface area contributed by atoms with E-state index in [1.54, 1.807) is 25.3 Å². The molecule has 0 atom stereocenters. The molecule has 0 aliphatic heterocycles. The van der Waals surface area contributed by atoms with Crippen LogP contribution in [0.15, 0.2) is 60.8 Å². The van der Waals surface area contributed by atoms with Gasteiger partial charge in [0.1, 0.15) is 0 Å². The number of rotatable bonds is 4. The Labute approximate surface area is 140 Å². The van der Waals surface area contributed by atoms with Crippen molar-refractivity contribution in [3.05, 3.63) is 71.9 Å². The molecule has 0 radical (unpaired) electrons. The van der Waals surface area contributed by atoms with Gasteiger partial charge in [-0.15, -0.1) is 0 Å². The van der Waals surface area contributed by atoms with Crippen molar-refractivity contribution in [2.75, 3.05) is 0 Å². The second-order valence-electron chi connectivity index (χ2n) is 5.60. The molecule has 4 heteroatoms. The SMILES string of the molecule is CC(=O)c1cccc(-c2cnnc(-c3cccc(C(C)=O)c3)c2)c1. The van der Waals surface area contributed by atoms with Crippen LogP contribution in [0.3, 0.4) is 0 Å². The molecule has 3 rings (SSSR count). The van der Waals surface area contributed by atoms with Gasteiger partial charge in [0.15, 0.2) is 11.6 Å². The summed E-state index contributed by atoms with van der Waals surface area (Å²) in [6.45, 7) is 3.08. The van der Waals surface area contributed by atoms with Gasteiger partial charge in [-0.25, -0.2) is 0 Å². The van der Waals surface area contributed by atoms with Gasteiger partial charge in [0.2, 0.25) is 0 Å². The predicted octanol–water partition coefficient (Wildman–Crippen LogP) is 4.22. The fraction of sp³-hybridized carbons (Fsp3) is 0.100. The number of hydrogen-bond donors (Lipinski definition) is 0. The van der Waals surface area contributed by atoms with E-state index in [-0.39, 0.29) is 11.6 Å². The number of carbonyl (C=O) groups excluding carboxylic acids is 2. The molecule has 4 nitrogen and oxygen atoms in total. The molecule has 0 unspecified atom stereocenters. The normalized spacial score (nSPS) is 10.4. The maximum atomic E-state index is 11.6. The zero-order valence-electron chi connectivity index (χ0n) is 13.5. The van der Waals surface area contributed by atoms with E-state index in [1.807, 2.05) is 42.5 Å². The van der Waals surface area contributed by atoms with Gasteiger partial charge in [-0.2, -0.15) is 10.2 Å². The van der Waals surface area contributed by atoms with Crippen LogP contribution in [0.1, 0.15) is 34.6 Å². The van der Waals surface area contributed by atoms with Crippen molar-refractivity contribution in [3.8, 4) is 22.4 Å². The number of carbonyl (C=O) groups is 2. The summed E-state index contributed by atoms with van der Waals surface area (Å²) in [6.07, 6.45) is 1.66. The number of hydrogen-bond acceptors (Lipinski definition) is 4. The van der Waals surface area contributed by atoms with E-state index >= 15 is 0 Å². The first-order chi connectivity index (χ1) is 11.5. The Balaban J connectivity index is 2.04. The standard InChI is InChI=1S/C20H16N2O2/c1-13(23)15-5-3-7-17(9-15)19-11-20(22-21-12-19)18-8-4-6-16(10-18)14(2)24/h3-12H,1-2H3. The molecule has 0 saturated carbocycles. The zero-order valence-corrected chi connectivity index (χ0v) is 13.5. The quantitative estimate of drug-likeness (QED) is 0.676. The van der Waals surface area contributed by atoms with Crippen LogP contribution < -0.4 is 0 Å². The lowest BCUT2D eigenvalue weighted by atomic mass is 10.0. The third kappa shape index (κ3) is 3.27. The van der Waals surface area contributed by atoms with Crippen LogP contribution >= 0.6 is 0 Å². The van der Waals surface area contributed by atoms with E-state index in [0.717, 1.165) is 16.7 Å². The summed E-state index contributed by atoms with van der Waals surface area (Å²) in [5, 5.41) is 8.23. The molecule has 24 heavy (non-hydrogen) atoms. The van der Waals surface area contributed by atoms with Crippen molar-refractivity contribution in [3.63, 3.8) is 0 Å². The number of nitrogens with zero attached hydrogens (tertiary/aromatic N) is 2. The zero-order chi connectivity index (χ0) is 17.1. The molecule has 0 bridgehead atoms. The lowest BCUT2D eigenvalue weighted by molar-refractivity contribution is 0.100. The van der Waals surface area contributed by atoms with Crippen molar-refractivity contribution in [1.29, 1.82) is 0 Å². The maximum Gasteiger partial charge on any atom is 0.159 e. The average Bonchev–Trinajstić information content (AvgIpc) is 2.62. The molecule has 0 saturated heterocycles. The van der Waals surface area contributed by atoms with Crippen molar-refractivity contribution in [2.24, 2.45) is 0 Å². The summed E-state index contributed by atoms with van der Waals surface area (Å²) in [4.78, 5) is 23.1. The highest BCUT2D eigenvalue weighted by molar-refractivity contribution is 5.96. The second kappa shape index (κ2) is 6.54. The second-order valence-corrected chi connectivity index (χ2v) is 5.60. The van der Waals surface area contributed by atoms with E-state index in [4.69, 9.17) is 0 Å². The Morgan fingerprint density at radius 2 is 1.33 bits per heavy atom. The van der Waals surface area contributed by atoms with Gasteiger partial charge >= 0.3 is 0 Å². The number of benzene rings is 2. The van der Waals surface area contributed by atoms with Gasteiger partial charge in [0.25, 0.3) is 0 Å². The van der Waals surface area contributed by atoms with E-state index in [2.05, 4.69) is 10.2 Å². The van der Waals surface area contributed by atoms with Gasteiger partial charge in [-0.05, 0) is 37.6 Å². The molecule has 3 aromatic rings. The van der Waals surface area contributed by atoms with Crippen LogP contribution in [-0.4, -0.2) is 21.8 Å². The molecular weight excluding hydrogens is 300 g/mol. The highest BCUT2D eigenvalue weighted by Crippen LogP contribution is 2.25. The Bertz CT molecular complexity index is 859. The van der Waals surface area contributed by atoms with Gasteiger partial charge in [0, 0.05) is 22.3 Å². The van der Waals surface area contributed by atoms with Crippen molar-refractivity contribution in [1.82, 2.24) is 10.2 Å². The number of ketones is 2. The summed E-state index contributed by atoms with van der Waals surface area (Å²) in [5.74, 6) is 0.0309. The Morgan fingerprint density at radius 3 is 1.96 bits per heavy atom. The van der Waals surface area contributed by atoms with Crippen LogP contribution in [0.5, 0.6) is 0 Å². The lowest BCUT2D eigenvalue weighted by Gasteiger charge is -2.06. The molecule has 0 spiro atoms. The first-order valence-corrected chi connectivity index (χ1v) is 7.60. The monoisotopic (exact) mass is 316 g/mol. The van der Waals surface area contributed by atoms with E-state index in [1.165, 1.54) is 6.92 Å². The molecule has 1 heterocycles. The third-order valence-corrected chi connectivity index (χ3v) is 3.82. The topological polar surface area (TPSA) is 59.9 Å². The number of aromatic nitrogens is 2. The average molecular weight is 316 g/mol. The highest BCUT2D eigenvalue weighted by atomic mass is 16.1. The minimum absolute atomic E-state index is 0.00937. The van der Waals surface area contributed by atoms with Gasteiger partial charge in [0.05, 0.1) is 11.9 Å². The molecule has 0 fully saturated rings. The Kier molecular flexibility index (Phi) is 4.29. The van der Waals surface area contributed by atoms with Crippen LogP contribution in [0.2, 0.25) is 0 Å². The van der Waals surface area contributed by atoms with Crippen LogP contribution in [-0.2, 0) is 0 Å². The molecular formula is C20H16N2O2. The minimum Gasteiger partial charge on any atom is -0.295 e. The third-order valence-electron chi connectivity index (χ3n) is 3.82. The van der Waals surface area contributed by atoms with E-state index in [0.29, 0.717) is 16.8 Å². The van der Waals surface area contributed by atoms with E-state index < -0.39 is 0 Å². The molecule has 0 amide bonds. The van der Waals surface area contributed by atoms with Gasteiger partial charge in [-0.1, -0.05) is 36.4 Å². The van der Waals surface area contributed by atoms with Crippen molar-refractivity contribution >= 4 is 11.6 Å². The van der Waals surface area contributed by atoms with Gasteiger partial charge in [-0.3, -0.25) is 9.59 Å². The Hall–Kier alpha value is -3.14. The smallest absolute Gasteiger partial charge is 0.159 e. The minimum atomic E-state index is 0.00937. The van der Waals surface area contributed by atoms with Crippen LogP contribution in [0.4, 0.5) is 0 Å². The van der Waals surface area contributed by atoms with Crippen molar-refractivity contribution in [2.45, 2.75) is 13.8 Å². The fourth-order valence-corrected chi connectivity index (χ4v) is 2.48. The molecule has 2 aromatic carbocycles. The fourth-order valence-electron chi connectivity index (χ4n) is 2.48. The first kappa shape index (κ1) is 15.7. The predicted molar refractivity (Wildman–Crippen MR) is 92.9 cm³/mol. The van der Waals surface area contributed by atoms with Crippen LogP contribution in [0, 0.1) is 0 Å². The van der Waals surface area contributed by atoms with Crippen molar-refractivity contribution < 1.29 is 9.59 Å². The summed E-state index contributed by atoms with van der Waals surface area (Å²) in [6, 6.07) is 16.6. The first-order valence-electron chi connectivity index (χ1n) is 7.60. The lowest BCUT2D eigenvalue weighted by Crippen LogP contribution is -1.95. The largest absolute Gasteiger partial charge is 0.295 e.